The highest BCUT2D eigenvalue weighted by molar-refractivity contribution is 7.92. The second kappa shape index (κ2) is 8.39. The molecule has 0 unspecified atom stereocenters. The molecule has 9 heteroatoms. The molecule has 0 bridgehead atoms. The predicted octanol–water partition coefficient (Wildman–Crippen LogP) is 3.36. The molecular formula is C19H22N2O6S. The highest BCUT2D eigenvalue weighted by atomic mass is 32.2. The molecule has 0 aliphatic carbocycles. The largest absolute Gasteiger partial charge is 0.462 e. The number of carbonyl (C=O) groups excluding carboxylic acids is 1. The van der Waals surface area contributed by atoms with E-state index in [1.54, 1.807) is 32.9 Å². The van der Waals surface area contributed by atoms with Gasteiger partial charge in [0.1, 0.15) is 6.54 Å². The van der Waals surface area contributed by atoms with E-state index >= 15 is 0 Å². The Bertz CT molecular complexity index is 984. The van der Waals surface area contributed by atoms with Crippen molar-refractivity contribution in [2.24, 2.45) is 0 Å². The molecule has 0 saturated heterocycles. The Morgan fingerprint density at radius 3 is 2.25 bits per heavy atom. The molecule has 2 rings (SSSR count). The number of anilines is 1. The van der Waals surface area contributed by atoms with Crippen molar-refractivity contribution in [3.05, 3.63) is 63.7 Å². The highest BCUT2D eigenvalue weighted by Gasteiger charge is 2.29. The molecule has 0 radical (unpaired) electrons. The molecule has 0 aliphatic rings. The number of sulfonamides is 1. The van der Waals surface area contributed by atoms with E-state index in [0.717, 1.165) is 9.87 Å². The Kier molecular flexibility index (Phi) is 6.40. The maximum absolute atomic E-state index is 13.2. The first kappa shape index (κ1) is 21.4. The molecule has 0 saturated carbocycles. The zero-order valence-electron chi connectivity index (χ0n) is 16.1. The molecular weight excluding hydrogens is 384 g/mol. The minimum absolute atomic E-state index is 0.00759. The van der Waals surface area contributed by atoms with Gasteiger partial charge >= 0.3 is 5.97 Å². The van der Waals surface area contributed by atoms with Gasteiger partial charge in [0.05, 0.1) is 21.6 Å². The van der Waals surface area contributed by atoms with Crippen LogP contribution in [0, 0.1) is 24.0 Å². The lowest BCUT2D eigenvalue weighted by molar-refractivity contribution is -0.384. The van der Waals surface area contributed by atoms with Gasteiger partial charge in [-0.2, -0.15) is 0 Å². The maximum atomic E-state index is 13.2. The van der Waals surface area contributed by atoms with E-state index in [1.807, 2.05) is 6.92 Å². The molecule has 150 valence electrons. The van der Waals surface area contributed by atoms with Crippen LogP contribution in [-0.2, 0) is 19.6 Å². The molecule has 0 aromatic heterocycles. The molecule has 0 heterocycles. The normalized spacial score (nSPS) is 11.3. The Hall–Kier alpha value is -2.94. The van der Waals surface area contributed by atoms with Crippen molar-refractivity contribution in [3.63, 3.8) is 0 Å². The van der Waals surface area contributed by atoms with Gasteiger partial charge in [-0.3, -0.25) is 19.2 Å². The third-order valence-electron chi connectivity index (χ3n) is 3.91. The number of ether oxygens (including phenoxy) is 1. The Balaban J connectivity index is 2.55. The molecule has 2 aromatic carbocycles. The number of non-ortho nitro benzene ring substituents is 1. The second-order valence-electron chi connectivity index (χ2n) is 6.59. The van der Waals surface area contributed by atoms with Crippen LogP contribution in [0.3, 0.4) is 0 Å². The van der Waals surface area contributed by atoms with Crippen LogP contribution in [0.5, 0.6) is 0 Å². The van der Waals surface area contributed by atoms with Crippen LogP contribution in [0.15, 0.2) is 47.4 Å². The van der Waals surface area contributed by atoms with Gasteiger partial charge in [0.25, 0.3) is 15.7 Å². The third-order valence-corrected chi connectivity index (χ3v) is 5.68. The standard InChI is InChI=1S/C19H22N2O6S/c1-13(2)27-19(22)12-20(18-10-7-16(21(23)24)11-15(18)4)28(25,26)17-8-5-14(3)6-9-17/h5-11,13H,12H2,1-4H3. The van der Waals surface area contributed by atoms with Gasteiger partial charge in [0, 0.05) is 12.1 Å². The Morgan fingerprint density at radius 1 is 1.14 bits per heavy atom. The topological polar surface area (TPSA) is 107 Å². The highest BCUT2D eigenvalue weighted by Crippen LogP contribution is 2.29. The van der Waals surface area contributed by atoms with Crippen LogP contribution >= 0.6 is 0 Å². The molecule has 0 atom stereocenters. The number of carbonyl (C=O) groups is 1. The molecule has 0 fully saturated rings. The molecule has 0 amide bonds. The SMILES string of the molecule is Cc1ccc(S(=O)(=O)N(CC(=O)OC(C)C)c2ccc([N+](=O)[O-])cc2C)cc1. The van der Waals surface area contributed by atoms with E-state index in [4.69, 9.17) is 4.74 Å². The number of hydrogen-bond acceptors (Lipinski definition) is 6. The summed E-state index contributed by atoms with van der Waals surface area (Å²) in [6.45, 7) is 6.15. The second-order valence-corrected chi connectivity index (χ2v) is 8.45. The lowest BCUT2D eigenvalue weighted by Crippen LogP contribution is -2.37. The number of aryl methyl sites for hydroxylation is 2. The van der Waals surface area contributed by atoms with E-state index in [0.29, 0.717) is 5.56 Å². The number of nitro groups is 1. The maximum Gasteiger partial charge on any atom is 0.327 e. The first-order valence-corrected chi connectivity index (χ1v) is 10.0. The van der Waals surface area contributed by atoms with Gasteiger partial charge < -0.3 is 4.74 Å². The summed E-state index contributed by atoms with van der Waals surface area (Å²) in [7, 11) is -4.09. The lowest BCUT2D eigenvalue weighted by Gasteiger charge is -2.25. The molecule has 0 N–H and O–H groups in total. The van der Waals surface area contributed by atoms with Crippen LogP contribution in [0.1, 0.15) is 25.0 Å². The summed E-state index contributed by atoms with van der Waals surface area (Å²) in [4.78, 5) is 22.6. The fourth-order valence-corrected chi connectivity index (χ4v) is 4.06. The van der Waals surface area contributed by atoms with Gasteiger partial charge in [-0.05, 0) is 51.5 Å². The minimum atomic E-state index is -4.09. The van der Waals surface area contributed by atoms with E-state index in [1.165, 1.54) is 30.3 Å². The van der Waals surface area contributed by atoms with Crippen molar-refractivity contribution < 1.29 is 22.9 Å². The first-order chi connectivity index (χ1) is 13.0. The van der Waals surface area contributed by atoms with Gasteiger partial charge in [-0.1, -0.05) is 17.7 Å². The van der Waals surface area contributed by atoms with Gasteiger partial charge in [-0.15, -0.1) is 0 Å². The summed E-state index contributed by atoms with van der Waals surface area (Å²) >= 11 is 0. The lowest BCUT2D eigenvalue weighted by atomic mass is 10.2. The predicted molar refractivity (Wildman–Crippen MR) is 105 cm³/mol. The van der Waals surface area contributed by atoms with Crippen molar-refractivity contribution in [2.75, 3.05) is 10.8 Å². The molecule has 0 aliphatic heterocycles. The summed E-state index contributed by atoms with van der Waals surface area (Å²) in [5.41, 5.74) is 1.24. The van der Waals surface area contributed by atoms with Gasteiger partial charge in [0.15, 0.2) is 0 Å². The van der Waals surface area contributed by atoms with E-state index in [9.17, 15) is 23.3 Å². The quantitative estimate of drug-likeness (QED) is 0.396. The van der Waals surface area contributed by atoms with Gasteiger partial charge in [0.2, 0.25) is 0 Å². The fraction of sp³-hybridized carbons (Fsp3) is 0.316. The zero-order valence-corrected chi connectivity index (χ0v) is 16.9. The molecule has 0 spiro atoms. The summed E-state index contributed by atoms with van der Waals surface area (Å²) in [5.74, 6) is -0.719. The number of nitrogens with zero attached hydrogens (tertiary/aromatic N) is 2. The first-order valence-electron chi connectivity index (χ1n) is 8.56. The molecule has 28 heavy (non-hydrogen) atoms. The average molecular weight is 406 g/mol. The summed E-state index contributed by atoms with van der Waals surface area (Å²) < 4.78 is 32.5. The van der Waals surface area contributed by atoms with Gasteiger partial charge in [-0.25, -0.2) is 8.42 Å². The Labute approximate surface area is 163 Å². The average Bonchev–Trinajstić information content (AvgIpc) is 2.59. The molecule has 2 aromatic rings. The monoisotopic (exact) mass is 406 g/mol. The smallest absolute Gasteiger partial charge is 0.327 e. The summed E-state index contributed by atoms with van der Waals surface area (Å²) in [6.07, 6.45) is -0.408. The van der Waals surface area contributed by atoms with Crippen LogP contribution in [0.2, 0.25) is 0 Å². The third kappa shape index (κ3) is 4.86. The number of benzene rings is 2. The number of hydrogen-bond donors (Lipinski definition) is 0. The van der Waals surface area contributed by atoms with Crippen LogP contribution in [-0.4, -0.2) is 32.0 Å². The van der Waals surface area contributed by atoms with Crippen molar-refractivity contribution in [3.8, 4) is 0 Å². The van der Waals surface area contributed by atoms with Crippen molar-refractivity contribution in [1.29, 1.82) is 0 Å². The number of rotatable bonds is 7. The summed E-state index contributed by atoms with van der Waals surface area (Å²) in [6, 6.07) is 10.00. The van der Waals surface area contributed by atoms with Crippen LogP contribution in [0.25, 0.3) is 0 Å². The van der Waals surface area contributed by atoms with Crippen LogP contribution in [0.4, 0.5) is 11.4 Å². The summed E-state index contributed by atoms with van der Waals surface area (Å²) in [5, 5.41) is 11.0. The number of esters is 1. The molecule has 8 nitrogen and oxygen atoms in total. The van der Waals surface area contributed by atoms with Crippen LogP contribution < -0.4 is 4.31 Å². The van der Waals surface area contributed by atoms with E-state index in [-0.39, 0.29) is 16.3 Å². The van der Waals surface area contributed by atoms with E-state index < -0.39 is 33.6 Å². The fourth-order valence-electron chi connectivity index (χ4n) is 2.59. The minimum Gasteiger partial charge on any atom is -0.462 e. The van der Waals surface area contributed by atoms with Crippen molar-refractivity contribution in [2.45, 2.75) is 38.7 Å². The zero-order chi connectivity index (χ0) is 21.1. The van der Waals surface area contributed by atoms with Crippen molar-refractivity contribution >= 4 is 27.4 Å². The Morgan fingerprint density at radius 2 is 1.75 bits per heavy atom. The van der Waals surface area contributed by atoms with E-state index in [2.05, 4.69) is 0 Å². The van der Waals surface area contributed by atoms with Crippen molar-refractivity contribution in [1.82, 2.24) is 0 Å². The number of nitro benzene ring substituents is 1.